The molecule has 0 aliphatic heterocycles. The average molecular weight is 444 g/mol. The van der Waals surface area contributed by atoms with Crippen LogP contribution in [0.1, 0.15) is 11.1 Å². The molecule has 0 unspecified atom stereocenters. The first-order chi connectivity index (χ1) is 15.1. The van der Waals surface area contributed by atoms with Gasteiger partial charge < -0.3 is 8.83 Å². The van der Waals surface area contributed by atoms with Gasteiger partial charge in [0.1, 0.15) is 22.3 Å². The third kappa shape index (κ3) is 2.75. The first kappa shape index (κ1) is 19.0. The number of alkyl halides is 6. The van der Waals surface area contributed by atoms with Crippen molar-refractivity contribution in [1.29, 1.82) is 0 Å². The van der Waals surface area contributed by atoms with E-state index in [4.69, 9.17) is 8.83 Å². The smallest absolute Gasteiger partial charge is 0.416 e. The van der Waals surface area contributed by atoms with Crippen LogP contribution in [0.25, 0.3) is 54.6 Å². The van der Waals surface area contributed by atoms with Gasteiger partial charge in [-0.15, -0.1) is 0 Å². The molecule has 2 heterocycles. The lowest BCUT2D eigenvalue weighted by atomic mass is 10.0. The molecule has 4 aromatic carbocycles. The van der Waals surface area contributed by atoms with Crippen LogP contribution in [0.3, 0.4) is 0 Å². The summed E-state index contributed by atoms with van der Waals surface area (Å²) in [6, 6.07) is 13.7. The van der Waals surface area contributed by atoms with Crippen molar-refractivity contribution in [2.45, 2.75) is 12.4 Å². The summed E-state index contributed by atoms with van der Waals surface area (Å²) in [4.78, 5) is 0. The summed E-state index contributed by atoms with van der Waals surface area (Å²) in [6.45, 7) is 0. The number of hydrogen-bond donors (Lipinski definition) is 0. The summed E-state index contributed by atoms with van der Waals surface area (Å²) in [5.41, 5.74) is -0.513. The zero-order chi connectivity index (χ0) is 22.4. The van der Waals surface area contributed by atoms with E-state index in [0.717, 1.165) is 35.0 Å². The van der Waals surface area contributed by atoms with Gasteiger partial charge in [-0.05, 0) is 71.4 Å². The Kier molecular flexibility index (Phi) is 3.55. The van der Waals surface area contributed by atoms with Gasteiger partial charge in [0.05, 0.1) is 11.1 Å². The fourth-order valence-corrected chi connectivity index (χ4v) is 4.15. The molecule has 6 rings (SSSR count). The van der Waals surface area contributed by atoms with E-state index in [2.05, 4.69) is 0 Å². The Hall–Kier alpha value is -3.68. The van der Waals surface area contributed by atoms with Crippen LogP contribution < -0.4 is 0 Å². The van der Waals surface area contributed by atoms with Gasteiger partial charge in [-0.3, -0.25) is 0 Å². The van der Waals surface area contributed by atoms with Crippen LogP contribution >= 0.6 is 0 Å². The number of hydrogen-bond acceptors (Lipinski definition) is 2. The Morgan fingerprint density at radius 2 is 0.812 bits per heavy atom. The zero-order valence-corrected chi connectivity index (χ0v) is 15.9. The molecule has 2 aromatic heterocycles. The van der Waals surface area contributed by atoms with Crippen LogP contribution in [0.15, 0.2) is 69.5 Å². The first-order valence-corrected chi connectivity index (χ1v) is 9.49. The van der Waals surface area contributed by atoms with Gasteiger partial charge in [0, 0.05) is 21.5 Å². The molecule has 0 fully saturated rings. The lowest BCUT2D eigenvalue weighted by molar-refractivity contribution is -0.138. The van der Waals surface area contributed by atoms with Crippen LogP contribution in [-0.4, -0.2) is 0 Å². The lowest BCUT2D eigenvalue weighted by Gasteiger charge is -2.05. The molecule has 0 aliphatic rings. The van der Waals surface area contributed by atoms with Crippen molar-refractivity contribution < 1.29 is 35.2 Å². The standard InChI is InChI=1S/C24H10F6O2/c25-23(26,27)13-1-3-15-17-5-11-8-20-18(6-12(11)7-19(17)31-21(15)9-13)16-4-2-14(24(28,29)30)10-22(16)32-20/h1-10H. The highest BCUT2D eigenvalue weighted by Gasteiger charge is 2.32. The maximum Gasteiger partial charge on any atom is 0.416 e. The van der Waals surface area contributed by atoms with Gasteiger partial charge in [-0.2, -0.15) is 26.3 Å². The Labute approximate surface area is 174 Å². The Morgan fingerprint density at radius 3 is 1.19 bits per heavy atom. The summed E-state index contributed by atoms with van der Waals surface area (Å²) < 4.78 is 89.5. The molecule has 32 heavy (non-hydrogen) atoms. The maximum atomic E-state index is 13.0. The molecule has 0 atom stereocenters. The normalized spacial score (nSPS) is 13.3. The second-order valence-corrected chi connectivity index (χ2v) is 7.67. The molecule has 0 spiro atoms. The van der Waals surface area contributed by atoms with Crippen LogP contribution in [0.4, 0.5) is 26.3 Å². The molecule has 0 aliphatic carbocycles. The molecule has 0 bridgehead atoms. The Morgan fingerprint density at radius 1 is 0.438 bits per heavy atom. The van der Waals surface area contributed by atoms with E-state index >= 15 is 0 Å². The Bertz CT molecular complexity index is 1570. The number of halogens is 6. The van der Waals surface area contributed by atoms with Crippen molar-refractivity contribution in [3.8, 4) is 0 Å². The third-order valence-electron chi connectivity index (χ3n) is 5.68. The van der Waals surface area contributed by atoms with Gasteiger partial charge in [0.15, 0.2) is 0 Å². The molecule has 0 saturated heterocycles. The van der Waals surface area contributed by atoms with E-state index in [-0.39, 0.29) is 11.2 Å². The van der Waals surface area contributed by atoms with Crippen molar-refractivity contribution in [2.75, 3.05) is 0 Å². The van der Waals surface area contributed by atoms with E-state index < -0.39 is 23.5 Å². The fourth-order valence-electron chi connectivity index (χ4n) is 4.15. The average Bonchev–Trinajstić information content (AvgIpc) is 3.25. The van der Waals surface area contributed by atoms with Crippen LogP contribution in [0.5, 0.6) is 0 Å². The van der Waals surface area contributed by atoms with Crippen LogP contribution in [0, 0.1) is 0 Å². The van der Waals surface area contributed by atoms with E-state index in [9.17, 15) is 26.3 Å². The van der Waals surface area contributed by atoms with Gasteiger partial charge >= 0.3 is 12.4 Å². The largest absolute Gasteiger partial charge is 0.456 e. The summed E-state index contributed by atoms with van der Waals surface area (Å²) in [7, 11) is 0. The van der Waals surface area contributed by atoms with Crippen molar-refractivity contribution in [3.05, 3.63) is 71.8 Å². The molecule has 0 radical (unpaired) electrons. The van der Waals surface area contributed by atoms with Crippen LogP contribution in [0.2, 0.25) is 0 Å². The zero-order valence-electron chi connectivity index (χ0n) is 15.9. The van der Waals surface area contributed by atoms with Crippen molar-refractivity contribution >= 4 is 54.6 Å². The topological polar surface area (TPSA) is 26.3 Å². The predicted molar refractivity (Wildman–Crippen MR) is 109 cm³/mol. The second-order valence-electron chi connectivity index (χ2n) is 7.67. The third-order valence-corrected chi connectivity index (χ3v) is 5.68. The maximum absolute atomic E-state index is 13.0. The summed E-state index contributed by atoms with van der Waals surface area (Å²) >= 11 is 0. The number of benzene rings is 4. The highest BCUT2D eigenvalue weighted by molar-refractivity contribution is 6.15. The highest BCUT2D eigenvalue weighted by atomic mass is 19.4. The number of furan rings is 2. The molecule has 0 N–H and O–H groups in total. The predicted octanol–water partition coefficient (Wildman–Crippen LogP) is 8.68. The summed E-state index contributed by atoms with van der Waals surface area (Å²) in [5, 5.41) is 3.79. The molecule has 160 valence electrons. The number of rotatable bonds is 0. The quantitative estimate of drug-likeness (QED) is 0.219. The second kappa shape index (κ2) is 5.97. The molecule has 2 nitrogen and oxygen atoms in total. The van der Waals surface area contributed by atoms with Gasteiger partial charge in [-0.25, -0.2) is 0 Å². The minimum absolute atomic E-state index is 0.124. The fraction of sp³-hybridized carbons (Fsp3) is 0.0833. The molecular formula is C24H10F6O2. The van der Waals surface area contributed by atoms with Crippen molar-refractivity contribution in [3.63, 3.8) is 0 Å². The highest BCUT2D eigenvalue weighted by Crippen LogP contribution is 2.40. The molecular weight excluding hydrogens is 434 g/mol. The first-order valence-electron chi connectivity index (χ1n) is 9.49. The molecule has 8 heteroatoms. The monoisotopic (exact) mass is 444 g/mol. The Balaban J connectivity index is 1.60. The molecule has 0 amide bonds. The summed E-state index contributed by atoms with van der Waals surface area (Å²) in [6.07, 6.45) is -8.95. The minimum Gasteiger partial charge on any atom is -0.456 e. The molecule has 6 aromatic rings. The summed E-state index contributed by atoms with van der Waals surface area (Å²) in [5.74, 6) is 0. The lowest BCUT2D eigenvalue weighted by Crippen LogP contribution is -2.03. The van der Waals surface area contributed by atoms with Crippen molar-refractivity contribution in [1.82, 2.24) is 0 Å². The van der Waals surface area contributed by atoms with Crippen molar-refractivity contribution in [2.24, 2.45) is 0 Å². The van der Waals surface area contributed by atoms with E-state index in [1.807, 2.05) is 0 Å². The SMILES string of the molecule is FC(F)(F)c1ccc2c(c1)oc1cc3cc4c(cc3cc12)oc1cc(C(F)(F)F)ccc14. The van der Waals surface area contributed by atoms with E-state index in [1.54, 1.807) is 24.3 Å². The number of fused-ring (bicyclic) bond motifs is 7. The van der Waals surface area contributed by atoms with E-state index in [1.165, 1.54) is 12.1 Å². The van der Waals surface area contributed by atoms with Gasteiger partial charge in [0.25, 0.3) is 0 Å². The van der Waals surface area contributed by atoms with E-state index in [0.29, 0.717) is 32.7 Å². The minimum atomic E-state index is -4.48. The van der Waals surface area contributed by atoms with Gasteiger partial charge in [-0.1, -0.05) is 0 Å². The molecule has 0 saturated carbocycles. The van der Waals surface area contributed by atoms with Crippen LogP contribution in [-0.2, 0) is 12.4 Å². The van der Waals surface area contributed by atoms with Gasteiger partial charge in [0.2, 0.25) is 0 Å².